The van der Waals surface area contributed by atoms with Gasteiger partial charge in [0.15, 0.2) is 5.43 Å². The number of likely N-dealkylation sites (N-methyl/N-ethyl adjacent to an activating group) is 1. The van der Waals surface area contributed by atoms with Crippen LogP contribution < -0.4 is 31.8 Å². The topological polar surface area (TPSA) is 269 Å². The van der Waals surface area contributed by atoms with Gasteiger partial charge < -0.3 is 66.0 Å². The number of benzene rings is 3. The molecular formula is C66H78N4O12. The minimum Gasteiger partial charge on any atom is -0.508 e. The van der Waals surface area contributed by atoms with Gasteiger partial charge in [-0.2, -0.15) is 0 Å². The molecule has 82 heavy (non-hydrogen) atoms. The van der Waals surface area contributed by atoms with Gasteiger partial charge in [-0.15, -0.1) is 0 Å². The minimum absolute atomic E-state index is 0.0152. The maximum atomic E-state index is 15.9. The van der Waals surface area contributed by atoms with Crippen molar-refractivity contribution in [2.75, 3.05) is 26.3 Å². The second-order valence-corrected chi connectivity index (χ2v) is 25.5. The molecule has 0 spiro atoms. The number of aromatic hydroxyl groups is 2. The molecule has 13 unspecified atom stereocenters. The lowest BCUT2D eigenvalue weighted by atomic mass is 9.61. The van der Waals surface area contributed by atoms with Gasteiger partial charge in [0.05, 0.1) is 23.9 Å². The molecule has 5 heterocycles. The number of rotatable bonds is 9. The minimum atomic E-state index is -1.56. The summed E-state index contributed by atoms with van der Waals surface area (Å²) in [7, 11) is 0. The summed E-state index contributed by atoms with van der Waals surface area (Å²) in [5, 5.41) is 92.3. The van der Waals surface area contributed by atoms with Gasteiger partial charge >= 0.3 is 5.97 Å². The molecule has 3 fully saturated rings. The van der Waals surface area contributed by atoms with Crippen LogP contribution in [0, 0.1) is 29.6 Å². The number of phenolic OH excluding ortho intramolecular Hbond substituents is 2. The van der Waals surface area contributed by atoms with Gasteiger partial charge in [0.25, 0.3) is 0 Å². The van der Waals surface area contributed by atoms with Crippen molar-refractivity contribution in [3.05, 3.63) is 156 Å². The van der Waals surface area contributed by atoms with Gasteiger partial charge in [-0.3, -0.25) is 10.1 Å². The summed E-state index contributed by atoms with van der Waals surface area (Å²) in [5.41, 5.74) is 11.5. The number of carbonyl (C=O) groups excluding carboxylic acids is 1. The predicted molar refractivity (Wildman–Crippen MR) is 307 cm³/mol. The van der Waals surface area contributed by atoms with E-state index >= 15 is 4.79 Å². The Morgan fingerprint density at radius 2 is 1.80 bits per heavy atom. The Hall–Kier alpha value is -6.40. The van der Waals surface area contributed by atoms with Crippen LogP contribution in [0.5, 0.6) is 17.2 Å². The van der Waals surface area contributed by atoms with E-state index in [-0.39, 0.29) is 94.6 Å². The lowest BCUT2D eigenvalue weighted by Crippen LogP contribution is -2.59. The molecule has 4 bridgehead atoms. The van der Waals surface area contributed by atoms with Gasteiger partial charge in [-0.05, 0) is 190 Å². The smallest absolute Gasteiger partial charge is 0.337 e. The highest BCUT2D eigenvalue weighted by Crippen LogP contribution is 2.62. The SMILES string of the molecule is CCNC1C=C2CCC3C4CCc5ccc(O)cc5C(CO)C(C5=CCNC(N)=C54)c4c5c(c(O)c6c(=O)cc(CO)oc46)CC(OC(=O)C4=C(C)CCC6CC(c7cccc(C8(O)CCC(CO)C8)c7)CC46O)C(C)(O5)C3CC2=CN1. The zero-order chi connectivity index (χ0) is 57.1. The van der Waals surface area contributed by atoms with Crippen molar-refractivity contribution >= 4 is 16.9 Å². The van der Waals surface area contributed by atoms with Crippen molar-refractivity contribution in [3.63, 3.8) is 0 Å². The first-order chi connectivity index (χ1) is 39.5. The average molecular weight is 1120 g/mol. The molecule has 13 atom stereocenters. The van der Waals surface area contributed by atoms with Crippen LogP contribution in [0.4, 0.5) is 0 Å². The van der Waals surface area contributed by atoms with E-state index in [0.717, 1.165) is 64.4 Å². The maximum absolute atomic E-state index is 15.9. The number of aryl methyl sites for hydroxylation is 1. The standard InChI is InChI=1S/C66H78N4O12/c1-4-68-53-23-37-11-14-44-45-15-10-35-9-13-42(74)24-47(35)49(32-73)54(46-17-19-69-62(67)55(45)46)57-60-48(59(76)56-51(75)25-43(31-72)80-61(56)57)26-52(64(3,82-60)50(44)22-39(37)29-70-53)81-63(77)58-33(2)8-12-41-21-38(28-66(41,58)79)36-6-5-7-40(20-36)65(78)18-16-34(27-65)30-71/h5-7,9,13,17,20,23-25,29,34,38,41,44-45,49-50,52-54,68-74,76,78-79H,4,8,10-12,14-16,18-19,21-22,26-28,30-32,67H2,1-3H3. The molecule has 16 heteroatoms. The molecule has 4 aliphatic heterocycles. The van der Waals surface area contributed by atoms with Crippen molar-refractivity contribution in [3.8, 4) is 17.2 Å². The summed E-state index contributed by atoms with van der Waals surface area (Å²) in [6.45, 7) is 6.04. The number of esters is 1. The van der Waals surface area contributed by atoms with Gasteiger partial charge in [0, 0.05) is 60.7 Å². The van der Waals surface area contributed by atoms with Gasteiger partial charge in [0.2, 0.25) is 0 Å². The number of nitrogens with two attached hydrogens (primary N) is 1. The van der Waals surface area contributed by atoms with E-state index in [0.29, 0.717) is 81.3 Å². The van der Waals surface area contributed by atoms with Gasteiger partial charge in [0.1, 0.15) is 63.7 Å². The fourth-order valence-corrected chi connectivity index (χ4v) is 17.2. The number of aliphatic hydroxyl groups excluding tert-OH is 3. The highest BCUT2D eigenvalue weighted by molar-refractivity contribution is 5.94. The Bertz CT molecular complexity index is 3510. The monoisotopic (exact) mass is 1120 g/mol. The molecule has 13 rings (SSSR count). The summed E-state index contributed by atoms with van der Waals surface area (Å²) in [5.74, 6) is -3.42. The Balaban J connectivity index is 0.998. The number of hydrogen-bond donors (Lipinski definition) is 11. The fraction of sp³-hybridized carbons (Fsp3) is 0.515. The zero-order valence-electron chi connectivity index (χ0n) is 47.1. The fourth-order valence-electron chi connectivity index (χ4n) is 17.2. The average Bonchev–Trinajstić information content (AvgIpc) is 3.69. The molecule has 434 valence electrons. The first kappa shape index (κ1) is 54.8. The molecule has 0 amide bonds. The summed E-state index contributed by atoms with van der Waals surface area (Å²) < 4.78 is 21.6. The lowest BCUT2D eigenvalue weighted by molar-refractivity contribution is -0.172. The van der Waals surface area contributed by atoms with Gasteiger partial charge in [-0.25, -0.2) is 4.79 Å². The second kappa shape index (κ2) is 20.7. The maximum Gasteiger partial charge on any atom is 0.337 e. The van der Waals surface area contributed by atoms with E-state index in [4.69, 9.17) is 19.6 Å². The summed E-state index contributed by atoms with van der Waals surface area (Å²) in [6, 6.07) is 14.4. The van der Waals surface area contributed by atoms with E-state index in [1.807, 2.05) is 44.2 Å². The molecule has 4 aromatic rings. The number of phenols is 2. The van der Waals surface area contributed by atoms with Crippen LogP contribution >= 0.6 is 0 Å². The molecule has 3 aromatic carbocycles. The number of dihydropyridines is 2. The molecule has 9 aliphatic rings. The quantitative estimate of drug-likeness (QED) is 0.0739. The van der Waals surface area contributed by atoms with E-state index < -0.39 is 71.0 Å². The highest BCUT2D eigenvalue weighted by Gasteiger charge is 2.60. The molecule has 3 saturated carbocycles. The van der Waals surface area contributed by atoms with Crippen molar-refractivity contribution in [1.29, 1.82) is 0 Å². The molecule has 0 saturated heterocycles. The Kier molecular flexibility index (Phi) is 13.9. The predicted octanol–water partition coefficient (Wildman–Crippen LogP) is 7.22. The van der Waals surface area contributed by atoms with Crippen LogP contribution in [-0.2, 0) is 34.6 Å². The van der Waals surface area contributed by atoms with Crippen LogP contribution in [0.1, 0.15) is 148 Å². The van der Waals surface area contributed by atoms with Crippen molar-refractivity contribution < 1.29 is 54.4 Å². The Morgan fingerprint density at radius 3 is 2.59 bits per heavy atom. The third-order valence-electron chi connectivity index (χ3n) is 21.2. The van der Waals surface area contributed by atoms with Crippen molar-refractivity contribution in [2.45, 2.75) is 158 Å². The number of fused-ring (bicyclic) bond motifs is 10. The summed E-state index contributed by atoms with van der Waals surface area (Å²) >= 11 is 0. The lowest BCUT2D eigenvalue weighted by Gasteiger charge is -2.52. The van der Waals surface area contributed by atoms with E-state index in [1.165, 1.54) is 5.57 Å². The third-order valence-corrected chi connectivity index (χ3v) is 21.2. The molecule has 0 radical (unpaired) electrons. The zero-order valence-corrected chi connectivity index (χ0v) is 47.1. The van der Waals surface area contributed by atoms with E-state index in [9.17, 15) is 40.5 Å². The van der Waals surface area contributed by atoms with E-state index in [2.05, 4.69) is 41.2 Å². The first-order valence-electron chi connectivity index (χ1n) is 30.0. The summed E-state index contributed by atoms with van der Waals surface area (Å²) in [6.07, 6.45) is 12.0. The van der Waals surface area contributed by atoms with Crippen LogP contribution in [0.15, 0.2) is 115 Å². The number of ether oxygens (including phenoxy) is 2. The van der Waals surface area contributed by atoms with Gasteiger partial charge in [-0.1, -0.05) is 48.9 Å². The highest BCUT2D eigenvalue weighted by atomic mass is 16.6. The van der Waals surface area contributed by atoms with E-state index in [1.54, 1.807) is 12.1 Å². The number of carbonyl (C=O) groups is 1. The number of hydrogen-bond acceptors (Lipinski definition) is 16. The van der Waals surface area contributed by atoms with Crippen molar-refractivity contribution in [1.82, 2.24) is 16.0 Å². The molecule has 1 aromatic heterocycles. The van der Waals surface area contributed by atoms with Crippen LogP contribution in [0.25, 0.3) is 11.0 Å². The number of nitrogens with one attached hydrogen (secondary N) is 3. The first-order valence-corrected chi connectivity index (χ1v) is 30.0. The summed E-state index contributed by atoms with van der Waals surface area (Å²) in [4.78, 5) is 30.5. The molecular weight excluding hydrogens is 1040 g/mol. The second-order valence-electron chi connectivity index (χ2n) is 25.5. The Labute approximate surface area is 477 Å². The molecule has 5 aliphatic carbocycles. The van der Waals surface area contributed by atoms with Crippen LogP contribution in [-0.4, -0.2) is 91.5 Å². The van der Waals surface area contributed by atoms with Crippen LogP contribution in [0.3, 0.4) is 0 Å². The normalized spacial score (nSPS) is 33.7. The number of aliphatic hydroxyl groups is 5. The Morgan fingerprint density at radius 1 is 0.963 bits per heavy atom. The number of allylic oxidation sites excluding steroid dienone is 5. The molecule has 16 nitrogen and oxygen atoms in total. The third kappa shape index (κ3) is 8.75. The van der Waals surface area contributed by atoms with Crippen LogP contribution in [0.2, 0.25) is 0 Å². The van der Waals surface area contributed by atoms with Crippen molar-refractivity contribution in [2.24, 2.45) is 35.3 Å². The molecule has 12 N–H and O–H groups in total. The largest absolute Gasteiger partial charge is 0.508 e.